The second-order valence-corrected chi connectivity index (χ2v) is 10.6. The van der Waals surface area contributed by atoms with Gasteiger partial charge in [-0.3, -0.25) is 9.10 Å². The topological polar surface area (TPSA) is 94.2 Å². The van der Waals surface area contributed by atoms with Crippen LogP contribution in [-0.2, 0) is 14.8 Å². The Morgan fingerprint density at radius 3 is 2.36 bits per heavy atom. The molecular weight excluding hydrogens is 444 g/mol. The fourth-order valence-electron chi connectivity index (χ4n) is 3.97. The van der Waals surface area contributed by atoms with Crippen LogP contribution in [0.5, 0.6) is 17.2 Å². The number of benzene rings is 2. The molecule has 0 saturated carbocycles. The predicted molar refractivity (Wildman–Crippen MR) is 128 cm³/mol. The molecule has 1 amide bonds. The second kappa shape index (κ2) is 9.91. The van der Waals surface area contributed by atoms with Crippen molar-refractivity contribution in [2.45, 2.75) is 44.8 Å². The van der Waals surface area contributed by atoms with E-state index in [1.165, 1.54) is 4.31 Å². The van der Waals surface area contributed by atoms with Crippen LogP contribution in [0.15, 0.2) is 42.5 Å². The van der Waals surface area contributed by atoms with Crippen molar-refractivity contribution in [1.29, 1.82) is 0 Å². The van der Waals surface area contributed by atoms with Crippen molar-refractivity contribution >= 4 is 21.6 Å². The standard InChI is InChI=1S/C24H32N2O6S/c1-24(2)16-21(20-15-19(31-4)12-13-22(20)32-24)25-23(27)7-6-14-26(33(5,28)29)17-8-10-18(30-3)11-9-17/h8-13,15,21H,6-7,14,16H2,1-5H3,(H,25,27). The van der Waals surface area contributed by atoms with Crippen LogP contribution in [0.25, 0.3) is 0 Å². The summed E-state index contributed by atoms with van der Waals surface area (Å²) in [5.41, 5.74) is 0.977. The number of carbonyl (C=O) groups excluding carboxylic acids is 1. The van der Waals surface area contributed by atoms with E-state index in [2.05, 4.69) is 5.32 Å². The molecule has 2 aromatic rings. The van der Waals surface area contributed by atoms with Gasteiger partial charge in [-0.05, 0) is 62.7 Å². The molecule has 3 rings (SSSR count). The van der Waals surface area contributed by atoms with Crippen molar-refractivity contribution in [3.63, 3.8) is 0 Å². The highest BCUT2D eigenvalue weighted by Crippen LogP contribution is 2.41. The minimum atomic E-state index is -3.50. The van der Waals surface area contributed by atoms with Gasteiger partial charge in [0.25, 0.3) is 0 Å². The highest BCUT2D eigenvalue weighted by atomic mass is 32.2. The minimum Gasteiger partial charge on any atom is -0.497 e. The van der Waals surface area contributed by atoms with Gasteiger partial charge in [-0.2, -0.15) is 0 Å². The first-order valence-corrected chi connectivity index (χ1v) is 12.7. The highest BCUT2D eigenvalue weighted by Gasteiger charge is 2.34. The van der Waals surface area contributed by atoms with Crippen molar-refractivity contribution in [2.75, 3.05) is 31.3 Å². The summed E-state index contributed by atoms with van der Waals surface area (Å²) in [5.74, 6) is 1.91. The number of nitrogens with zero attached hydrogens (tertiary/aromatic N) is 1. The van der Waals surface area contributed by atoms with Gasteiger partial charge in [0.1, 0.15) is 22.8 Å². The van der Waals surface area contributed by atoms with Gasteiger partial charge in [-0.1, -0.05) is 0 Å². The molecule has 0 saturated heterocycles. The lowest BCUT2D eigenvalue weighted by molar-refractivity contribution is -0.122. The number of ether oxygens (including phenoxy) is 3. The molecule has 2 aromatic carbocycles. The van der Waals surface area contributed by atoms with E-state index in [-0.39, 0.29) is 24.9 Å². The van der Waals surface area contributed by atoms with Gasteiger partial charge in [-0.25, -0.2) is 8.42 Å². The number of hydrogen-bond acceptors (Lipinski definition) is 6. The molecule has 1 aliphatic rings. The molecule has 1 N–H and O–H groups in total. The lowest BCUT2D eigenvalue weighted by Crippen LogP contribution is -2.41. The maximum atomic E-state index is 12.8. The maximum absolute atomic E-state index is 12.8. The highest BCUT2D eigenvalue weighted by molar-refractivity contribution is 7.92. The molecule has 1 atom stereocenters. The molecule has 1 heterocycles. The summed E-state index contributed by atoms with van der Waals surface area (Å²) < 4.78 is 42.5. The number of amides is 1. The average Bonchev–Trinajstić information content (AvgIpc) is 2.75. The first-order chi connectivity index (χ1) is 15.5. The Morgan fingerprint density at radius 2 is 1.76 bits per heavy atom. The number of fused-ring (bicyclic) bond motifs is 1. The zero-order valence-corrected chi connectivity index (χ0v) is 20.6. The third-order valence-electron chi connectivity index (χ3n) is 5.54. The summed E-state index contributed by atoms with van der Waals surface area (Å²) in [7, 11) is -0.347. The number of anilines is 1. The van der Waals surface area contributed by atoms with E-state index in [0.717, 1.165) is 17.6 Å². The number of rotatable bonds is 9. The minimum absolute atomic E-state index is 0.144. The van der Waals surface area contributed by atoms with Crippen molar-refractivity contribution < 1.29 is 27.4 Å². The Morgan fingerprint density at radius 1 is 1.12 bits per heavy atom. The third-order valence-corrected chi connectivity index (χ3v) is 6.73. The molecule has 8 nitrogen and oxygen atoms in total. The first kappa shape index (κ1) is 24.7. The van der Waals surface area contributed by atoms with Crippen LogP contribution < -0.4 is 23.8 Å². The summed E-state index contributed by atoms with van der Waals surface area (Å²) in [6, 6.07) is 12.1. The Labute approximate surface area is 195 Å². The number of hydrogen-bond donors (Lipinski definition) is 1. The smallest absolute Gasteiger partial charge is 0.232 e. The van der Waals surface area contributed by atoms with Crippen molar-refractivity contribution in [3.8, 4) is 17.2 Å². The zero-order chi connectivity index (χ0) is 24.2. The van der Waals surface area contributed by atoms with E-state index in [4.69, 9.17) is 14.2 Å². The van der Waals surface area contributed by atoms with Crippen LogP contribution in [0, 0.1) is 0 Å². The van der Waals surface area contributed by atoms with Gasteiger partial charge in [0, 0.05) is 24.9 Å². The van der Waals surface area contributed by atoms with E-state index >= 15 is 0 Å². The number of nitrogens with one attached hydrogen (secondary N) is 1. The zero-order valence-electron chi connectivity index (χ0n) is 19.8. The second-order valence-electron chi connectivity index (χ2n) is 8.73. The molecule has 0 aromatic heterocycles. The number of methoxy groups -OCH3 is 2. The van der Waals surface area contributed by atoms with Gasteiger partial charge in [0.05, 0.1) is 32.2 Å². The molecule has 180 valence electrons. The molecule has 0 bridgehead atoms. The molecule has 9 heteroatoms. The molecule has 1 aliphatic heterocycles. The van der Waals surface area contributed by atoms with E-state index in [1.807, 2.05) is 32.0 Å². The van der Waals surface area contributed by atoms with Crippen LogP contribution >= 0.6 is 0 Å². The van der Waals surface area contributed by atoms with Gasteiger partial charge >= 0.3 is 0 Å². The lowest BCUT2D eigenvalue weighted by Gasteiger charge is -2.38. The SMILES string of the molecule is COc1ccc(N(CCCC(=O)NC2CC(C)(C)Oc3ccc(OC)cc32)S(C)(=O)=O)cc1. The summed E-state index contributed by atoms with van der Waals surface area (Å²) in [5, 5.41) is 3.09. The molecule has 33 heavy (non-hydrogen) atoms. The summed E-state index contributed by atoms with van der Waals surface area (Å²) in [6.45, 7) is 4.17. The molecule has 0 radical (unpaired) electrons. The van der Waals surface area contributed by atoms with E-state index in [0.29, 0.717) is 30.0 Å². The lowest BCUT2D eigenvalue weighted by atomic mass is 9.89. The van der Waals surface area contributed by atoms with Crippen LogP contribution in [0.3, 0.4) is 0 Å². The van der Waals surface area contributed by atoms with Crippen LogP contribution in [-0.4, -0.2) is 46.9 Å². The van der Waals surface area contributed by atoms with E-state index in [9.17, 15) is 13.2 Å². The van der Waals surface area contributed by atoms with Gasteiger partial charge in [-0.15, -0.1) is 0 Å². The van der Waals surface area contributed by atoms with Crippen LogP contribution in [0.2, 0.25) is 0 Å². The summed E-state index contributed by atoms with van der Waals surface area (Å²) in [4.78, 5) is 12.8. The van der Waals surface area contributed by atoms with Crippen molar-refractivity contribution in [3.05, 3.63) is 48.0 Å². The Hall–Kier alpha value is -2.94. The largest absolute Gasteiger partial charge is 0.497 e. The first-order valence-electron chi connectivity index (χ1n) is 10.8. The monoisotopic (exact) mass is 476 g/mol. The summed E-state index contributed by atoms with van der Waals surface area (Å²) >= 11 is 0. The normalized spacial score (nSPS) is 16.8. The maximum Gasteiger partial charge on any atom is 0.232 e. The van der Waals surface area contributed by atoms with Gasteiger partial charge in [0.15, 0.2) is 0 Å². The third kappa shape index (κ3) is 6.31. The fraction of sp³-hybridized carbons (Fsp3) is 0.458. The molecule has 0 aliphatic carbocycles. The molecule has 0 fully saturated rings. The Balaban J connectivity index is 1.65. The van der Waals surface area contributed by atoms with Crippen molar-refractivity contribution in [2.24, 2.45) is 0 Å². The fourth-order valence-corrected chi connectivity index (χ4v) is 4.94. The summed E-state index contributed by atoms with van der Waals surface area (Å²) in [6.07, 6.45) is 2.34. The molecule has 0 spiro atoms. The quantitative estimate of drug-likeness (QED) is 0.594. The van der Waals surface area contributed by atoms with Gasteiger partial charge < -0.3 is 19.5 Å². The number of sulfonamides is 1. The van der Waals surface area contributed by atoms with E-state index in [1.54, 1.807) is 38.5 Å². The van der Waals surface area contributed by atoms with Gasteiger partial charge in [0.2, 0.25) is 15.9 Å². The Bertz CT molecular complexity index is 1080. The van der Waals surface area contributed by atoms with Crippen LogP contribution in [0.4, 0.5) is 5.69 Å². The predicted octanol–water partition coefficient (Wildman–Crippen LogP) is 3.67. The van der Waals surface area contributed by atoms with E-state index < -0.39 is 15.6 Å². The van der Waals surface area contributed by atoms with Crippen LogP contribution in [0.1, 0.15) is 44.7 Å². The van der Waals surface area contributed by atoms with Crippen molar-refractivity contribution in [1.82, 2.24) is 5.32 Å². The average molecular weight is 477 g/mol. The Kier molecular flexibility index (Phi) is 7.41. The number of carbonyl (C=O) groups is 1. The molecular formula is C24H32N2O6S. The molecule has 1 unspecified atom stereocenters.